The molecule has 190 valence electrons. The van der Waals surface area contributed by atoms with Crippen LogP contribution in [0.4, 0.5) is 5.69 Å². The number of amides is 2. The number of H-pyrrole nitrogens is 1. The van der Waals surface area contributed by atoms with Gasteiger partial charge in [0.1, 0.15) is 0 Å². The number of aromatic hydroxyl groups is 1. The van der Waals surface area contributed by atoms with Crippen LogP contribution in [-0.2, 0) is 9.59 Å². The predicted molar refractivity (Wildman–Crippen MR) is 141 cm³/mol. The number of aryl methyl sites for hydroxylation is 1. The number of rotatable bonds is 4. The highest BCUT2D eigenvalue weighted by molar-refractivity contribution is 8.00. The molecular weight excluding hydrogens is 508 g/mol. The van der Waals surface area contributed by atoms with Crippen molar-refractivity contribution in [3.63, 3.8) is 0 Å². The fourth-order valence-corrected chi connectivity index (χ4v) is 10.2. The molecule has 3 aromatic rings. The molecule has 9 heteroatoms. The Labute approximate surface area is 221 Å². The summed E-state index contributed by atoms with van der Waals surface area (Å²) in [5.41, 5.74) is 2.68. The molecule has 1 saturated heterocycles. The summed E-state index contributed by atoms with van der Waals surface area (Å²) in [5.74, 6) is -0.259. The quantitative estimate of drug-likeness (QED) is 0.478. The van der Waals surface area contributed by atoms with Gasteiger partial charge in [0.2, 0.25) is 11.8 Å². The maximum atomic E-state index is 13.8. The third-order valence-corrected chi connectivity index (χ3v) is 11.2. The molecule has 0 radical (unpaired) electrons. The van der Waals surface area contributed by atoms with Gasteiger partial charge < -0.3 is 14.8 Å². The van der Waals surface area contributed by atoms with Crippen LogP contribution in [-0.4, -0.2) is 33.8 Å². The molecule has 2 amide bonds. The number of fused-ring (bicyclic) bond motifs is 9. The maximum absolute atomic E-state index is 13.8. The molecule has 4 aliphatic rings. The number of hydrogen-bond acceptors (Lipinski definition) is 7. The Balaban J connectivity index is 1.32. The van der Waals surface area contributed by atoms with Crippen molar-refractivity contribution >= 4 is 40.6 Å². The number of aromatic amines is 1. The van der Waals surface area contributed by atoms with Gasteiger partial charge in [0, 0.05) is 16.0 Å². The van der Waals surface area contributed by atoms with Crippen molar-refractivity contribution in [3.05, 3.63) is 68.1 Å². The number of aromatic nitrogens is 1. The van der Waals surface area contributed by atoms with E-state index in [1.54, 1.807) is 17.8 Å². The van der Waals surface area contributed by atoms with E-state index >= 15 is 0 Å². The van der Waals surface area contributed by atoms with E-state index in [-0.39, 0.29) is 63.2 Å². The highest BCUT2D eigenvalue weighted by Gasteiger charge is 2.69. The van der Waals surface area contributed by atoms with Gasteiger partial charge in [0.05, 0.1) is 29.2 Å². The fraction of sp³-hybridized carbons (Fsp3) is 0.393. The van der Waals surface area contributed by atoms with Gasteiger partial charge in [-0.3, -0.25) is 19.3 Å². The molecule has 2 aliphatic carbocycles. The van der Waals surface area contributed by atoms with Gasteiger partial charge in [0.25, 0.3) is 0 Å². The smallest absolute Gasteiger partial charge is 0.305 e. The number of benzene rings is 2. The van der Waals surface area contributed by atoms with Crippen molar-refractivity contribution in [2.45, 2.75) is 36.5 Å². The summed E-state index contributed by atoms with van der Waals surface area (Å²) in [5, 5.41) is 11.3. The van der Waals surface area contributed by atoms with E-state index in [1.165, 1.54) is 16.2 Å². The summed E-state index contributed by atoms with van der Waals surface area (Å²) in [7, 11) is 0. The van der Waals surface area contributed by atoms with E-state index in [9.17, 15) is 19.5 Å². The first-order valence-electron chi connectivity index (χ1n) is 12.7. The van der Waals surface area contributed by atoms with Crippen molar-refractivity contribution in [2.75, 3.05) is 11.5 Å². The second-order valence-electron chi connectivity index (χ2n) is 10.5. The van der Waals surface area contributed by atoms with Gasteiger partial charge in [-0.05, 0) is 67.9 Å². The highest BCUT2D eigenvalue weighted by atomic mass is 32.2. The van der Waals surface area contributed by atoms with E-state index < -0.39 is 0 Å². The number of hydrogen-bond donors (Lipinski definition) is 2. The number of carbonyl (C=O) groups excluding carboxylic acids is 2. The normalized spacial score (nSPS) is 31.4. The first-order chi connectivity index (χ1) is 17.9. The monoisotopic (exact) mass is 534 g/mol. The highest BCUT2D eigenvalue weighted by Crippen LogP contribution is 2.68. The number of anilines is 1. The number of carbonyl (C=O) groups is 2. The Morgan fingerprint density at radius 1 is 1.05 bits per heavy atom. The number of phenolic OH excluding ortho intramolecular Hbond substituents is 1. The van der Waals surface area contributed by atoms with Crippen LogP contribution in [0.3, 0.4) is 0 Å². The summed E-state index contributed by atoms with van der Waals surface area (Å²) in [6.07, 6.45) is 0.836. The Morgan fingerprint density at radius 3 is 2.51 bits per heavy atom. The fourth-order valence-electron chi connectivity index (χ4n) is 7.33. The van der Waals surface area contributed by atoms with Crippen LogP contribution in [0.2, 0.25) is 0 Å². The van der Waals surface area contributed by atoms with Crippen LogP contribution < -0.4 is 14.5 Å². The molecule has 2 aliphatic heterocycles. The number of nitrogens with zero attached hydrogens (tertiary/aromatic N) is 1. The minimum atomic E-state index is -0.344. The van der Waals surface area contributed by atoms with Crippen molar-refractivity contribution < 1.29 is 19.4 Å². The molecule has 2 N–H and O–H groups in total. The zero-order valence-electron chi connectivity index (χ0n) is 20.3. The minimum absolute atomic E-state index is 0.0408. The number of ether oxygens (including phenoxy) is 1. The lowest BCUT2D eigenvalue weighted by atomic mass is 9.68. The number of thiazole rings is 1. The second kappa shape index (κ2) is 8.23. The SMILES string of the molecule is CCOc1cc(C2c3sc(=O)[nH]c3SC3C2[C@H]2C[C@@H]3C3C(=O)N(c4ccc(C)cc4)C(=O)C32)ccc1O. The van der Waals surface area contributed by atoms with E-state index in [2.05, 4.69) is 4.98 Å². The van der Waals surface area contributed by atoms with E-state index in [1.807, 2.05) is 50.2 Å². The molecule has 2 aromatic carbocycles. The average Bonchev–Trinajstić information content (AvgIpc) is 3.60. The molecule has 2 saturated carbocycles. The van der Waals surface area contributed by atoms with Crippen LogP contribution in [0.25, 0.3) is 0 Å². The third-order valence-electron chi connectivity index (χ3n) is 8.66. The number of nitrogens with one attached hydrogen (secondary N) is 1. The largest absolute Gasteiger partial charge is 0.504 e. The van der Waals surface area contributed by atoms with Gasteiger partial charge >= 0.3 is 4.87 Å². The van der Waals surface area contributed by atoms with Crippen LogP contribution in [0, 0.1) is 36.5 Å². The van der Waals surface area contributed by atoms with Crippen molar-refractivity contribution in [1.82, 2.24) is 4.98 Å². The number of imide groups is 1. The number of phenols is 1. The molecular formula is C28H26N2O5S2. The average molecular weight is 535 g/mol. The molecule has 1 aromatic heterocycles. The molecule has 3 fully saturated rings. The lowest BCUT2D eigenvalue weighted by Gasteiger charge is -2.43. The zero-order chi connectivity index (χ0) is 25.6. The van der Waals surface area contributed by atoms with Gasteiger partial charge in [-0.15, -0.1) is 11.8 Å². The molecule has 37 heavy (non-hydrogen) atoms. The van der Waals surface area contributed by atoms with E-state index in [4.69, 9.17) is 4.74 Å². The molecule has 7 nitrogen and oxygen atoms in total. The zero-order valence-corrected chi connectivity index (χ0v) is 22.0. The van der Waals surface area contributed by atoms with Crippen LogP contribution >= 0.6 is 23.1 Å². The summed E-state index contributed by atoms with van der Waals surface area (Å²) in [6.45, 7) is 4.28. The minimum Gasteiger partial charge on any atom is -0.504 e. The van der Waals surface area contributed by atoms with E-state index in [0.29, 0.717) is 18.0 Å². The Bertz CT molecular complexity index is 1490. The predicted octanol–water partition coefficient (Wildman–Crippen LogP) is 4.53. The lowest BCUT2D eigenvalue weighted by Crippen LogP contribution is -2.42. The summed E-state index contributed by atoms with van der Waals surface area (Å²) >= 11 is 2.89. The first kappa shape index (κ1) is 23.1. The lowest BCUT2D eigenvalue weighted by molar-refractivity contribution is -0.123. The van der Waals surface area contributed by atoms with Gasteiger partial charge in [0.15, 0.2) is 11.5 Å². The summed E-state index contributed by atoms with van der Waals surface area (Å²) < 4.78 is 5.68. The topological polar surface area (TPSA) is 99.7 Å². The standard InChI is InChI=1S/C28H26N2O5S2/c1-3-35-18-10-13(6-9-17(18)31)19-20-15-11-16(23(20)36-25-24(19)37-28(34)29-25)22-21(15)26(32)30(27(22)33)14-7-4-12(2)5-8-14/h4-10,15-16,19-23,31H,3,11H2,1-2H3,(H,29,34)/t15-,16-,19?,20?,21?,22?,23?/m1/s1. The van der Waals surface area contributed by atoms with Crippen LogP contribution in [0.5, 0.6) is 11.5 Å². The maximum Gasteiger partial charge on any atom is 0.305 e. The molecule has 5 unspecified atom stereocenters. The van der Waals surface area contributed by atoms with Crippen LogP contribution in [0.15, 0.2) is 52.3 Å². The first-order valence-corrected chi connectivity index (χ1v) is 14.4. The van der Waals surface area contributed by atoms with Gasteiger partial charge in [-0.1, -0.05) is 35.1 Å². The molecule has 7 atom stereocenters. The van der Waals surface area contributed by atoms with Crippen LogP contribution in [0.1, 0.15) is 35.3 Å². The third kappa shape index (κ3) is 3.23. The van der Waals surface area contributed by atoms with E-state index in [0.717, 1.165) is 27.5 Å². The summed E-state index contributed by atoms with van der Waals surface area (Å²) in [6, 6.07) is 13.0. The number of thioether (sulfide) groups is 1. The summed E-state index contributed by atoms with van der Waals surface area (Å²) in [4.78, 5) is 45.3. The molecule has 2 bridgehead atoms. The van der Waals surface area contributed by atoms with Crippen molar-refractivity contribution in [1.29, 1.82) is 0 Å². The van der Waals surface area contributed by atoms with Crippen molar-refractivity contribution in [3.8, 4) is 11.5 Å². The Morgan fingerprint density at radius 2 is 1.78 bits per heavy atom. The molecule has 0 spiro atoms. The molecule has 7 rings (SSSR count). The molecule has 3 heterocycles. The van der Waals surface area contributed by atoms with Gasteiger partial charge in [-0.2, -0.15) is 0 Å². The van der Waals surface area contributed by atoms with Crippen molar-refractivity contribution in [2.24, 2.45) is 29.6 Å². The Hall–Kier alpha value is -3.04. The Kier molecular flexibility index (Phi) is 5.14. The second-order valence-corrected chi connectivity index (χ2v) is 12.7. The van der Waals surface area contributed by atoms with Gasteiger partial charge in [-0.25, -0.2) is 0 Å².